The quantitative estimate of drug-likeness (QED) is 0.525. The van der Waals surface area contributed by atoms with Crippen LogP contribution < -0.4 is 4.74 Å². The molecule has 0 atom stereocenters. The molecule has 0 bridgehead atoms. The molecule has 0 N–H and O–H groups in total. The fourth-order valence-electron chi connectivity index (χ4n) is 3.45. The Morgan fingerprint density at radius 2 is 1.74 bits per heavy atom. The van der Waals surface area contributed by atoms with Gasteiger partial charge in [0.25, 0.3) is 0 Å². The zero-order chi connectivity index (χ0) is 22.0. The molecule has 0 saturated carbocycles. The van der Waals surface area contributed by atoms with Gasteiger partial charge in [-0.3, -0.25) is 4.90 Å². The van der Waals surface area contributed by atoms with Gasteiger partial charge in [-0.2, -0.15) is 4.31 Å². The Bertz CT molecular complexity index is 1160. The van der Waals surface area contributed by atoms with Crippen LogP contribution in [0.25, 0.3) is 11.3 Å². The van der Waals surface area contributed by atoms with Crippen molar-refractivity contribution < 1.29 is 17.7 Å². The van der Waals surface area contributed by atoms with Crippen LogP contribution in [-0.4, -0.2) is 56.1 Å². The molecule has 0 amide bonds. The van der Waals surface area contributed by atoms with Crippen molar-refractivity contribution in [1.29, 1.82) is 0 Å². The van der Waals surface area contributed by atoms with Gasteiger partial charge in [0.1, 0.15) is 16.3 Å². The number of hydrogen-bond acceptors (Lipinski definition) is 6. The van der Waals surface area contributed by atoms with Gasteiger partial charge in [0.05, 0.1) is 18.7 Å². The van der Waals surface area contributed by atoms with Crippen molar-refractivity contribution in [3.05, 3.63) is 64.3 Å². The molecule has 1 aliphatic heterocycles. The van der Waals surface area contributed by atoms with E-state index in [-0.39, 0.29) is 9.92 Å². The summed E-state index contributed by atoms with van der Waals surface area (Å²) in [6.07, 6.45) is 0. The molecule has 7 nitrogen and oxygen atoms in total. The van der Waals surface area contributed by atoms with E-state index in [2.05, 4.69) is 10.1 Å². The second kappa shape index (κ2) is 9.18. The fraction of sp³-hybridized carbons (Fsp3) is 0.286. The zero-order valence-corrected chi connectivity index (χ0v) is 19.1. The monoisotopic (exact) mass is 481 g/mol. The fourth-order valence-corrected chi connectivity index (χ4v) is 5.61. The zero-order valence-electron chi connectivity index (χ0n) is 16.8. The number of methoxy groups -OCH3 is 1. The van der Waals surface area contributed by atoms with Gasteiger partial charge < -0.3 is 9.26 Å². The topological polar surface area (TPSA) is 75.9 Å². The largest absolute Gasteiger partial charge is 0.497 e. The Morgan fingerprint density at radius 1 is 1.03 bits per heavy atom. The summed E-state index contributed by atoms with van der Waals surface area (Å²) >= 11 is 12.1. The summed E-state index contributed by atoms with van der Waals surface area (Å²) in [5, 5.41) is 4.64. The van der Waals surface area contributed by atoms with Crippen LogP contribution in [0.15, 0.2) is 57.9 Å². The highest BCUT2D eigenvalue weighted by molar-refractivity contribution is 7.89. The number of halogens is 2. The van der Waals surface area contributed by atoms with Crippen molar-refractivity contribution in [3.63, 3.8) is 0 Å². The third kappa shape index (κ3) is 4.88. The van der Waals surface area contributed by atoms with Gasteiger partial charge in [-0.25, -0.2) is 8.42 Å². The van der Waals surface area contributed by atoms with E-state index in [1.807, 2.05) is 30.3 Å². The summed E-state index contributed by atoms with van der Waals surface area (Å²) in [4.78, 5) is 2.17. The van der Waals surface area contributed by atoms with E-state index in [1.54, 1.807) is 13.2 Å². The molecule has 4 rings (SSSR count). The summed E-state index contributed by atoms with van der Waals surface area (Å²) in [6.45, 7) is 2.39. The van der Waals surface area contributed by atoms with Crippen molar-refractivity contribution in [1.82, 2.24) is 14.4 Å². The Balaban J connectivity index is 1.38. The van der Waals surface area contributed by atoms with E-state index < -0.39 is 10.0 Å². The molecule has 1 aliphatic rings. The van der Waals surface area contributed by atoms with Crippen molar-refractivity contribution in [2.75, 3.05) is 33.3 Å². The van der Waals surface area contributed by atoms with E-state index >= 15 is 0 Å². The van der Waals surface area contributed by atoms with Gasteiger partial charge in [-0.05, 0) is 42.5 Å². The Kier molecular flexibility index (Phi) is 6.55. The highest BCUT2D eigenvalue weighted by atomic mass is 35.5. The summed E-state index contributed by atoms with van der Waals surface area (Å²) in [5.41, 5.74) is 1.68. The average Bonchev–Trinajstić information content (AvgIpc) is 3.24. The molecule has 1 saturated heterocycles. The third-order valence-corrected chi connectivity index (χ3v) is 7.78. The van der Waals surface area contributed by atoms with Crippen LogP contribution in [0.4, 0.5) is 0 Å². The minimum atomic E-state index is -3.70. The summed E-state index contributed by atoms with van der Waals surface area (Å²) < 4.78 is 38.0. The Hall–Kier alpha value is -2.10. The van der Waals surface area contributed by atoms with Crippen molar-refractivity contribution >= 4 is 33.2 Å². The van der Waals surface area contributed by atoms with Crippen LogP contribution >= 0.6 is 23.2 Å². The van der Waals surface area contributed by atoms with Gasteiger partial charge in [-0.1, -0.05) is 28.4 Å². The second-order valence-electron chi connectivity index (χ2n) is 7.16. The minimum absolute atomic E-state index is 0.0366. The van der Waals surface area contributed by atoms with E-state index in [9.17, 15) is 8.42 Å². The maximum Gasteiger partial charge on any atom is 0.244 e. The van der Waals surface area contributed by atoms with Crippen LogP contribution in [0.3, 0.4) is 0 Å². The highest BCUT2D eigenvalue weighted by Crippen LogP contribution is 2.29. The second-order valence-corrected chi connectivity index (χ2v) is 9.91. The first-order valence-electron chi connectivity index (χ1n) is 9.64. The molecule has 0 radical (unpaired) electrons. The number of hydrogen-bond donors (Lipinski definition) is 0. The molecular formula is C21H21Cl2N3O4S. The van der Waals surface area contributed by atoms with Crippen molar-refractivity contribution in [2.24, 2.45) is 0 Å². The predicted octanol–water partition coefficient (Wildman–Crippen LogP) is 4.16. The van der Waals surface area contributed by atoms with Crippen LogP contribution in [-0.2, 0) is 16.6 Å². The summed E-state index contributed by atoms with van der Waals surface area (Å²) in [6, 6.07) is 13.9. The number of ether oxygens (including phenoxy) is 1. The molecule has 31 heavy (non-hydrogen) atoms. The van der Waals surface area contributed by atoms with E-state index in [0.29, 0.717) is 37.7 Å². The van der Waals surface area contributed by atoms with Gasteiger partial charge in [0, 0.05) is 42.8 Å². The number of aromatic nitrogens is 1. The lowest BCUT2D eigenvalue weighted by Crippen LogP contribution is -2.48. The standard InChI is InChI=1S/C21H21Cl2N3O4S/c1-29-17-5-2-15(3-6-17)20-13-18(30-24-20)14-25-8-10-26(11-9-25)31(27,28)21-12-16(22)4-7-19(21)23/h2-7,12-13H,8-11,14H2,1H3. The lowest BCUT2D eigenvalue weighted by molar-refractivity contribution is 0.166. The Labute approximate surface area is 191 Å². The molecule has 164 valence electrons. The number of nitrogens with zero attached hydrogens (tertiary/aromatic N) is 3. The minimum Gasteiger partial charge on any atom is -0.497 e. The average molecular weight is 482 g/mol. The van der Waals surface area contributed by atoms with Gasteiger partial charge in [-0.15, -0.1) is 0 Å². The molecule has 2 heterocycles. The SMILES string of the molecule is COc1ccc(-c2cc(CN3CCN(S(=O)(=O)c4cc(Cl)ccc4Cl)CC3)on2)cc1. The van der Waals surface area contributed by atoms with Crippen molar-refractivity contribution in [2.45, 2.75) is 11.4 Å². The van der Waals surface area contributed by atoms with Gasteiger partial charge in [0.15, 0.2) is 5.76 Å². The van der Waals surface area contributed by atoms with Crippen LogP contribution in [0, 0.1) is 0 Å². The third-order valence-electron chi connectivity index (χ3n) is 5.17. The maximum absolute atomic E-state index is 13.0. The van der Waals surface area contributed by atoms with Crippen molar-refractivity contribution in [3.8, 4) is 17.0 Å². The van der Waals surface area contributed by atoms with E-state index in [0.717, 1.165) is 22.8 Å². The smallest absolute Gasteiger partial charge is 0.244 e. The van der Waals surface area contributed by atoms with Crippen LogP contribution in [0.1, 0.15) is 5.76 Å². The summed E-state index contributed by atoms with van der Waals surface area (Å²) in [5.74, 6) is 1.50. The molecule has 10 heteroatoms. The molecule has 3 aromatic rings. The molecule has 1 aromatic heterocycles. The van der Waals surface area contributed by atoms with Gasteiger partial charge in [0.2, 0.25) is 10.0 Å². The number of sulfonamides is 1. The number of piperazine rings is 1. The first-order chi connectivity index (χ1) is 14.9. The number of rotatable bonds is 6. The van der Waals surface area contributed by atoms with Crippen LogP contribution in [0.2, 0.25) is 10.0 Å². The normalized spacial score (nSPS) is 15.8. The molecule has 0 unspecified atom stereocenters. The number of benzene rings is 2. The molecule has 2 aromatic carbocycles. The maximum atomic E-state index is 13.0. The highest BCUT2D eigenvalue weighted by Gasteiger charge is 2.30. The Morgan fingerprint density at radius 3 is 2.42 bits per heavy atom. The first-order valence-corrected chi connectivity index (χ1v) is 11.8. The lowest BCUT2D eigenvalue weighted by atomic mass is 10.1. The predicted molar refractivity (Wildman–Crippen MR) is 119 cm³/mol. The lowest BCUT2D eigenvalue weighted by Gasteiger charge is -2.33. The first kappa shape index (κ1) is 22.1. The van der Waals surface area contributed by atoms with Gasteiger partial charge >= 0.3 is 0 Å². The molecule has 1 fully saturated rings. The van der Waals surface area contributed by atoms with Crippen LogP contribution in [0.5, 0.6) is 5.75 Å². The molecular weight excluding hydrogens is 461 g/mol. The van der Waals surface area contributed by atoms with E-state index in [4.69, 9.17) is 32.5 Å². The molecule has 0 spiro atoms. The molecule has 0 aliphatic carbocycles. The summed E-state index contributed by atoms with van der Waals surface area (Å²) in [7, 11) is -2.08. The van der Waals surface area contributed by atoms with E-state index in [1.165, 1.54) is 16.4 Å².